The Labute approximate surface area is 112 Å². The summed E-state index contributed by atoms with van der Waals surface area (Å²) in [5.74, 6) is 0. The normalized spacial score (nSPS) is 36.7. The highest BCUT2D eigenvalue weighted by Crippen LogP contribution is 2.24. The maximum atomic E-state index is 10.4. The molecule has 18 heavy (non-hydrogen) atoms. The van der Waals surface area contributed by atoms with Gasteiger partial charge in [0.15, 0.2) is 0 Å². The number of nitrogens with zero attached hydrogens (tertiary/aromatic N) is 1. The van der Waals surface area contributed by atoms with E-state index in [0.29, 0.717) is 12.1 Å². The summed E-state index contributed by atoms with van der Waals surface area (Å²) in [6.45, 7) is 5.19. The standard InChI is InChI=1S/C15H29NO2/c1-2-13-12-16(10-7-11-18-13)14-8-5-3-4-6-9-15(14)17/h13-15,17H,2-12H2,1H3. The molecule has 2 rings (SSSR count). The molecule has 1 N–H and O–H groups in total. The molecule has 0 aromatic rings. The lowest BCUT2D eigenvalue weighted by Gasteiger charge is -2.36. The van der Waals surface area contributed by atoms with Crippen LogP contribution in [0.2, 0.25) is 0 Å². The van der Waals surface area contributed by atoms with Crippen LogP contribution in [0.25, 0.3) is 0 Å². The van der Waals surface area contributed by atoms with E-state index in [4.69, 9.17) is 4.74 Å². The van der Waals surface area contributed by atoms with E-state index in [9.17, 15) is 5.11 Å². The summed E-state index contributed by atoms with van der Waals surface area (Å²) in [6, 6.07) is 0.376. The Balaban J connectivity index is 1.96. The molecule has 1 aliphatic heterocycles. The topological polar surface area (TPSA) is 32.7 Å². The molecule has 3 nitrogen and oxygen atoms in total. The minimum Gasteiger partial charge on any atom is -0.391 e. The fourth-order valence-corrected chi connectivity index (χ4v) is 3.34. The molecule has 0 aromatic carbocycles. The molecule has 106 valence electrons. The Kier molecular flexibility index (Phi) is 5.93. The summed E-state index contributed by atoms with van der Waals surface area (Å²) in [5, 5.41) is 10.4. The SMILES string of the molecule is CCC1CN(C2CCCCCCC2O)CCCO1. The van der Waals surface area contributed by atoms with Crippen LogP contribution in [0, 0.1) is 0 Å². The van der Waals surface area contributed by atoms with E-state index >= 15 is 0 Å². The first-order chi connectivity index (χ1) is 8.81. The van der Waals surface area contributed by atoms with Crippen LogP contribution < -0.4 is 0 Å². The van der Waals surface area contributed by atoms with Crippen LogP contribution in [0.5, 0.6) is 0 Å². The van der Waals surface area contributed by atoms with Gasteiger partial charge >= 0.3 is 0 Å². The molecule has 0 amide bonds. The quantitative estimate of drug-likeness (QED) is 0.823. The van der Waals surface area contributed by atoms with Gasteiger partial charge in [-0.1, -0.05) is 32.6 Å². The van der Waals surface area contributed by atoms with E-state index in [1.807, 2.05) is 0 Å². The highest BCUT2D eigenvalue weighted by atomic mass is 16.5. The molecule has 2 aliphatic rings. The van der Waals surface area contributed by atoms with Gasteiger partial charge in [-0.3, -0.25) is 4.90 Å². The van der Waals surface area contributed by atoms with Gasteiger partial charge in [0.2, 0.25) is 0 Å². The monoisotopic (exact) mass is 255 g/mol. The maximum Gasteiger partial charge on any atom is 0.0699 e. The van der Waals surface area contributed by atoms with E-state index in [-0.39, 0.29) is 6.10 Å². The molecule has 2 fully saturated rings. The summed E-state index contributed by atoms with van der Waals surface area (Å²) in [6.07, 6.45) is 9.69. The van der Waals surface area contributed by atoms with Crippen LogP contribution in [-0.2, 0) is 4.74 Å². The number of hydrogen-bond acceptors (Lipinski definition) is 3. The van der Waals surface area contributed by atoms with E-state index in [1.165, 1.54) is 25.7 Å². The molecule has 1 saturated carbocycles. The van der Waals surface area contributed by atoms with Gasteiger partial charge in [0.25, 0.3) is 0 Å². The van der Waals surface area contributed by atoms with Crippen molar-refractivity contribution in [2.45, 2.75) is 76.5 Å². The summed E-state index contributed by atoms with van der Waals surface area (Å²) >= 11 is 0. The van der Waals surface area contributed by atoms with Crippen LogP contribution in [0.15, 0.2) is 0 Å². The minimum atomic E-state index is -0.124. The minimum absolute atomic E-state index is 0.124. The van der Waals surface area contributed by atoms with Crippen molar-refractivity contribution in [3.05, 3.63) is 0 Å². The van der Waals surface area contributed by atoms with Crippen molar-refractivity contribution in [1.29, 1.82) is 0 Å². The third kappa shape index (κ3) is 3.94. The first kappa shape index (κ1) is 14.3. The van der Waals surface area contributed by atoms with Crippen molar-refractivity contribution in [2.24, 2.45) is 0 Å². The molecule has 0 bridgehead atoms. The van der Waals surface area contributed by atoms with Crippen LogP contribution in [0.1, 0.15) is 58.3 Å². The molecular formula is C15H29NO2. The second-order valence-electron chi connectivity index (χ2n) is 5.88. The van der Waals surface area contributed by atoms with Gasteiger partial charge in [0, 0.05) is 25.7 Å². The maximum absolute atomic E-state index is 10.4. The lowest BCUT2D eigenvalue weighted by molar-refractivity contribution is 0.00708. The molecule has 0 spiro atoms. The fourth-order valence-electron chi connectivity index (χ4n) is 3.34. The smallest absolute Gasteiger partial charge is 0.0699 e. The van der Waals surface area contributed by atoms with Crippen molar-refractivity contribution >= 4 is 0 Å². The second-order valence-corrected chi connectivity index (χ2v) is 5.88. The van der Waals surface area contributed by atoms with Gasteiger partial charge in [-0.25, -0.2) is 0 Å². The molecule has 3 atom stereocenters. The highest BCUT2D eigenvalue weighted by Gasteiger charge is 2.29. The Bertz CT molecular complexity index is 235. The number of hydrogen-bond donors (Lipinski definition) is 1. The van der Waals surface area contributed by atoms with Crippen molar-refractivity contribution < 1.29 is 9.84 Å². The van der Waals surface area contributed by atoms with Crippen molar-refractivity contribution in [3.8, 4) is 0 Å². The van der Waals surface area contributed by atoms with Crippen LogP contribution in [-0.4, -0.2) is 48.0 Å². The average Bonchev–Trinajstić information content (AvgIpc) is 2.59. The average molecular weight is 255 g/mol. The molecular weight excluding hydrogens is 226 g/mol. The van der Waals surface area contributed by atoms with Crippen molar-refractivity contribution in [2.75, 3.05) is 19.7 Å². The second kappa shape index (κ2) is 7.46. The Morgan fingerprint density at radius 2 is 1.89 bits per heavy atom. The van der Waals surface area contributed by atoms with Crippen LogP contribution in [0.4, 0.5) is 0 Å². The van der Waals surface area contributed by atoms with Gasteiger partial charge < -0.3 is 9.84 Å². The molecule has 0 aromatic heterocycles. The molecule has 1 aliphatic carbocycles. The lowest BCUT2D eigenvalue weighted by Crippen LogP contribution is -2.46. The van der Waals surface area contributed by atoms with Gasteiger partial charge in [-0.05, 0) is 25.7 Å². The van der Waals surface area contributed by atoms with Crippen LogP contribution in [0.3, 0.4) is 0 Å². The first-order valence-electron chi connectivity index (χ1n) is 7.85. The zero-order valence-electron chi connectivity index (χ0n) is 11.8. The molecule has 1 saturated heterocycles. The largest absolute Gasteiger partial charge is 0.391 e. The van der Waals surface area contributed by atoms with E-state index in [1.54, 1.807) is 0 Å². The number of aliphatic hydroxyl groups is 1. The Morgan fingerprint density at radius 1 is 1.11 bits per heavy atom. The molecule has 3 unspecified atom stereocenters. The van der Waals surface area contributed by atoms with E-state index < -0.39 is 0 Å². The number of ether oxygens (including phenoxy) is 1. The third-order valence-electron chi connectivity index (χ3n) is 4.50. The predicted octanol–water partition coefficient (Wildman–Crippen LogP) is 2.57. The molecule has 3 heteroatoms. The highest BCUT2D eigenvalue weighted by molar-refractivity contribution is 4.83. The summed E-state index contributed by atoms with van der Waals surface area (Å²) in [5.41, 5.74) is 0. The van der Waals surface area contributed by atoms with Crippen molar-refractivity contribution in [1.82, 2.24) is 4.90 Å². The Hall–Kier alpha value is -0.120. The number of rotatable bonds is 2. The van der Waals surface area contributed by atoms with Gasteiger partial charge in [-0.2, -0.15) is 0 Å². The summed E-state index contributed by atoms with van der Waals surface area (Å²) in [4.78, 5) is 2.51. The zero-order chi connectivity index (χ0) is 12.8. The van der Waals surface area contributed by atoms with Gasteiger partial charge in [0.05, 0.1) is 12.2 Å². The zero-order valence-corrected chi connectivity index (χ0v) is 11.8. The molecule has 1 heterocycles. The number of aliphatic hydroxyl groups excluding tert-OH is 1. The van der Waals surface area contributed by atoms with E-state index in [0.717, 1.165) is 45.4 Å². The third-order valence-corrected chi connectivity index (χ3v) is 4.50. The summed E-state index contributed by atoms with van der Waals surface area (Å²) < 4.78 is 5.84. The van der Waals surface area contributed by atoms with E-state index in [2.05, 4.69) is 11.8 Å². The van der Waals surface area contributed by atoms with Gasteiger partial charge in [-0.15, -0.1) is 0 Å². The fraction of sp³-hybridized carbons (Fsp3) is 1.00. The predicted molar refractivity (Wildman–Crippen MR) is 73.7 cm³/mol. The van der Waals surface area contributed by atoms with Crippen molar-refractivity contribution in [3.63, 3.8) is 0 Å². The van der Waals surface area contributed by atoms with Crippen LogP contribution >= 0.6 is 0 Å². The summed E-state index contributed by atoms with van der Waals surface area (Å²) in [7, 11) is 0. The van der Waals surface area contributed by atoms with Gasteiger partial charge in [0.1, 0.15) is 0 Å². The molecule has 0 radical (unpaired) electrons. The lowest BCUT2D eigenvalue weighted by atomic mass is 9.92. The Morgan fingerprint density at radius 3 is 2.67 bits per heavy atom. The first-order valence-corrected chi connectivity index (χ1v) is 7.85.